The first kappa shape index (κ1) is 14.3. The highest BCUT2D eigenvalue weighted by Crippen LogP contribution is 2.27. The van der Waals surface area contributed by atoms with Crippen LogP contribution in [-0.2, 0) is 0 Å². The van der Waals surface area contributed by atoms with Crippen LogP contribution in [0.2, 0.25) is 10.0 Å². The zero-order valence-electron chi connectivity index (χ0n) is 10.6. The van der Waals surface area contributed by atoms with E-state index in [-0.39, 0.29) is 6.04 Å². The van der Waals surface area contributed by atoms with E-state index in [4.69, 9.17) is 33.5 Å². The average Bonchev–Trinajstić information content (AvgIpc) is 2.89. The Balaban J connectivity index is 2.18. The van der Waals surface area contributed by atoms with Crippen LogP contribution >= 0.6 is 23.2 Å². The molecule has 4 nitrogen and oxygen atoms in total. The van der Waals surface area contributed by atoms with Gasteiger partial charge < -0.3 is 10.3 Å². The molecule has 1 atom stereocenters. The number of benzene rings is 1. The summed E-state index contributed by atoms with van der Waals surface area (Å²) in [5.41, 5.74) is 6.74. The number of hydrogen-bond acceptors (Lipinski definition) is 4. The molecule has 1 heterocycles. The molecule has 0 saturated heterocycles. The highest BCUT2D eigenvalue weighted by Gasteiger charge is 2.15. The van der Waals surface area contributed by atoms with Gasteiger partial charge in [0.2, 0.25) is 11.7 Å². The summed E-state index contributed by atoms with van der Waals surface area (Å²) in [4.78, 5) is 4.30. The van der Waals surface area contributed by atoms with Crippen molar-refractivity contribution in [1.82, 2.24) is 10.1 Å². The van der Waals surface area contributed by atoms with Crippen LogP contribution in [0.5, 0.6) is 0 Å². The SMILES string of the molecule is CCCC[C@H](N)c1nc(-c2ccc(Cl)c(Cl)c2)no1. The standard InChI is InChI=1S/C13H15Cl2N3O/c1-2-3-4-11(16)13-17-12(18-19-13)8-5-6-9(14)10(15)7-8/h5-7,11H,2-4,16H2,1H3/t11-/m0/s1. The minimum Gasteiger partial charge on any atom is -0.337 e. The summed E-state index contributed by atoms with van der Waals surface area (Å²) in [6.45, 7) is 2.11. The molecule has 0 radical (unpaired) electrons. The van der Waals surface area contributed by atoms with Crippen LogP contribution in [0.1, 0.15) is 38.1 Å². The Bertz CT molecular complexity index is 557. The molecule has 0 aliphatic carbocycles. The number of nitrogens with zero attached hydrogens (tertiary/aromatic N) is 2. The molecule has 1 aromatic heterocycles. The van der Waals surface area contributed by atoms with Crippen molar-refractivity contribution in [2.75, 3.05) is 0 Å². The van der Waals surface area contributed by atoms with Gasteiger partial charge in [-0.1, -0.05) is 48.1 Å². The predicted octanol–water partition coefficient (Wildman–Crippen LogP) is 4.23. The van der Waals surface area contributed by atoms with Crippen LogP contribution in [0.4, 0.5) is 0 Å². The number of nitrogens with two attached hydrogens (primary N) is 1. The lowest BCUT2D eigenvalue weighted by Gasteiger charge is -2.03. The number of aromatic nitrogens is 2. The van der Waals surface area contributed by atoms with Gasteiger partial charge in [-0.3, -0.25) is 0 Å². The lowest BCUT2D eigenvalue weighted by Crippen LogP contribution is -2.10. The van der Waals surface area contributed by atoms with Crippen molar-refractivity contribution < 1.29 is 4.52 Å². The van der Waals surface area contributed by atoms with E-state index in [2.05, 4.69) is 17.1 Å². The summed E-state index contributed by atoms with van der Waals surface area (Å²) in [7, 11) is 0. The van der Waals surface area contributed by atoms with E-state index in [1.54, 1.807) is 18.2 Å². The Morgan fingerprint density at radius 2 is 2.11 bits per heavy atom. The maximum Gasteiger partial charge on any atom is 0.243 e. The second-order valence-corrected chi connectivity index (χ2v) is 5.15. The maximum atomic E-state index is 5.98. The molecule has 0 aliphatic rings. The Kier molecular flexibility index (Phi) is 4.80. The van der Waals surface area contributed by atoms with Crippen LogP contribution in [0.3, 0.4) is 0 Å². The van der Waals surface area contributed by atoms with Crippen molar-refractivity contribution in [2.24, 2.45) is 5.73 Å². The molecule has 0 saturated carbocycles. The fourth-order valence-corrected chi connectivity index (χ4v) is 1.98. The Labute approximate surface area is 121 Å². The van der Waals surface area contributed by atoms with E-state index in [0.717, 1.165) is 24.8 Å². The van der Waals surface area contributed by atoms with Gasteiger partial charge in [-0.25, -0.2) is 0 Å². The first-order chi connectivity index (χ1) is 9.11. The quantitative estimate of drug-likeness (QED) is 0.897. The molecule has 0 spiro atoms. The van der Waals surface area contributed by atoms with Gasteiger partial charge in [0.05, 0.1) is 16.1 Å². The van der Waals surface area contributed by atoms with Crippen molar-refractivity contribution in [1.29, 1.82) is 0 Å². The molecule has 0 unspecified atom stereocenters. The highest BCUT2D eigenvalue weighted by atomic mass is 35.5. The van der Waals surface area contributed by atoms with E-state index in [1.807, 2.05) is 0 Å². The number of unbranched alkanes of at least 4 members (excludes halogenated alkanes) is 1. The van der Waals surface area contributed by atoms with Crippen LogP contribution in [0.25, 0.3) is 11.4 Å². The van der Waals surface area contributed by atoms with Crippen molar-refractivity contribution in [3.05, 3.63) is 34.1 Å². The minimum absolute atomic E-state index is 0.219. The fourth-order valence-electron chi connectivity index (χ4n) is 1.69. The van der Waals surface area contributed by atoms with Crippen LogP contribution in [0.15, 0.2) is 22.7 Å². The third-order valence-corrected chi connectivity index (χ3v) is 3.54. The molecule has 2 rings (SSSR count). The van der Waals surface area contributed by atoms with E-state index in [0.29, 0.717) is 21.8 Å². The second kappa shape index (κ2) is 6.37. The summed E-state index contributed by atoms with van der Waals surface area (Å²) in [6, 6.07) is 4.98. The maximum absolute atomic E-state index is 5.98. The van der Waals surface area contributed by atoms with Gasteiger partial charge in [0.25, 0.3) is 0 Å². The summed E-state index contributed by atoms with van der Waals surface area (Å²) in [6.07, 6.45) is 2.95. The normalized spacial score (nSPS) is 12.6. The highest BCUT2D eigenvalue weighted by molar-refractivity contribution is 6.42. The Hall–Kier alpha value is -1.10. The molecule has 1 aromatic carbocycles. The average molecular weight is 300 g/mol. The van der Waals surface area contributed by atoms with Gasteiger partial charge in [0.1, 0.15) is 0 Å². The van der Waals surface area contributed by atoms with Crippen molar-refractivity contribution >= 4 is 23.2 Å². The molecule has 0 amide bonds. The number of rotatable bonds is 5. The van der Waals surface area contributed by atoms with Crippen LogP contribution in [-0.4, -0.2) is 10.1 Å². The monoisotopic (exact) mass is 299 g/mol. The van der Waals surface area contributed by atoms with Crippen molar-refractivity contribution in [2.45, 2.75) is 32.2 Å². The third-order valence-electron chi connectivity index (χ3n) is 2.81. The Morgan fingerprint density at radius 1 is 1.32 bits per heavy atom. The van der Waals surface area contributed by atoms with Crippen molar-refractivity contribution in [3.63, 3.8) is 0 Å². The molecule has 2 N–H and O–H groups in total. The second-order valence-electron chi connectivity index (χ2n) is 4.33. The van der Waals surface area contributed by atoms with E-state index in [1.165, 1.54) is 0 Å². The first-order valence-electron chi connectivity index (χ1n) is 6.16. The van der Waals surface area contributed by atoms with Crippen LogP contribution < -0.4 is 5.73 Å². The summed E-state index contributed by atoms with van der Waals surface area (Å²) >= 11 is 11.8. The smallest absolute Gasteiger partial charge is 0.243 e. The zero-order valence-corrected chi connectivity index (χ0v) is 12.1. The van der Waals surface area contributed by atoms with Gasteiger partial charge in [-0.05, 0) is 24.6 Å². The van der Waals surface area contributed by atoms with E-state index < -0.39 is 0 Å². The summed E-state index contributed by atoms with van der Waals surface area (Å²) in [5.74, 6) is 0.926. The third kappa shape index (κ3) is 3.47. The molecule has 2 aromatic rings. The molecule has 0 bridgehead atoms. The number of hydrogen-bond donors (Lipinski definition) is 1. The fraction of sp³-hybridized carbons (Fsp3) is 0.385. The molecule has 19 heavy (non-hydrogen) atoms. The van der Waals surface area contributed by atoms with Crippen LogP contribution in [0, 0.1) is 0 Å². The summed E-state index contributed by atoms with van der Waals surface area (Å²) < 4.78 is 5.19. The lowest BCUT2D eigenvalue weighted by atomic mass is 10.1. The van der Waals surface area contributed by atoms with Crippen molar-refractivity contribution in [3.8, 4) is 11.4 Å². The molecular formula is C13H15Cl2N3O. The molecule has 0 fully saturated rings. The van der Waals surface area contributed by atoms with E-state index >= 15 is 0 Å². The van der Waals surface area contributed by atoms with Gasteiger partial charge in [-0.15, -0.1) is 0 Å². The Morgan fingerprint density at radius 3 is 2.79 bits per heavy atom. The lowest BCUT2D eigenvalue weighted by molar-refractivity contribution is 0.346. The van der Waals surface area contributed by atoms with Gasteiger partial charge in [-0.2, -0.15) is 4.98 Å². The largest absolute Gasteiger partial charge is 0.337 e. The van der Waals surface area contributed by atoms with Gasteiger partial charge >= 0.3 is 0 Å². The zero-order chi connectivity index (χ0) is 13.8. The van der Waals surface area contributed by atoms with Gasteiger partial charge in [0.15, 0.2) is 0 Å². The van der Waals surface area contributed by atoms with Gasteiger partial charge in [0, 0.05) is 5.56 Å². The molecule has 0 aliphatic heterocycles. The minimum atomic E-state index is -0.219. The number of halogens is 2. The molecule has 102 valence electrons. The first-order valence-corrected chi connectivity index (χ1v) is 6.92. The topological polar surface area (TPSA) is 64.9 Å². The molecular weight excluding hydrogens is 285 g/mol. The summed E-state index contributed by atoms with van der Waals surface area (Å²) in [5, 5.41) is 4.87. The van der Waals surface area contributed by atoms with E-state index in [9.17, 15) is 0 Å². The molecule has 6 heteroatoms. The predicted molar refractivity (Wildman–Crippen MR) is 76.2 cm³/mol.